The molecule has 3 N–H and O–H groups in total. The highest BCUT2D eigenvalue weighted by Crippen LogP contribution is 2.39. The predicted molar refractivity (Wildman–Crippen MR) is 77.2 cm³/mol. The van der Waals surface area contributed by atoms with Gasteiger partial charge < -0.3 is 15.6 Å². The van der Waals surface area contributed by atoms with Crippen LogP contribution in [0.3, 0.4) is 0 Å². The summed E-state index contributed by atoms with van der Waals surface area (Å²) in [5, 5.41) is 10.7. The molecule has 1 aliphatic heterocycles. The number of nitrogens with two attached hydrogens (primary N) is 1. The van der Waals surface area contributed by atoms with E-state index in [0.717, 1.165) is 30.6 Å². The van der Waals surface area contributed by atoms with Gasteiger partial charge in [0, 0.05) is 12.0 Å². The average molecular weight is 263 g/mol. The molecule has 1 aliphatic rings. The Balaban J connectivity index is 2.26. The van der Waals surface area contributed by atoms with Crippen LogP contribution in [-0.4, -0.2) is 24.4 Å². The number of benzene rings is 1. The third-order valence-corrected chi connectivity index (χ3v) is 4.56. The summed E-state index contributed by atoms with van der Waals surface area (Å²) in [5.41, 5.74) is 6.82. The standard InChI is InChI=1S/C16H25NO2/c1-3-12(4-2)15(18)16(10-17)9-13-7-5-6-8-14(13)19-11-16/h5-8,12,15,18H,3-4,9-11,17H2,1-2H3. The van der Waals surface area contributed by atoms with Crippen molar-refractivity contribution >= 4 is 0 Å². The molecule has 0 radical (unpaired) electrons. The third-order valence-electron chi connectivity index (χ3n) is 4.56. The van der Waals surface area contributed by atoms with Crippen LogP contribution < -0.4 is 10.5 Å². The van der Waals surface area contributed by atoms with Crippen LogP contribution in [0.1, 0.15) is 32.3 Å². The van der Waals surface area contributed by atoms with Gasteiger partial charge in [0.2, 0.25) is 0 Å². The van der Waals surface area contributed by atoms with Crippen LogP contribution in [0.15, 0.2) is 24.3 Å². The minimum atomic E-state index is -0.402. The summed E-state index contributed by atoms with van der Waals surface area (Å²) in [5.74, 6) is 1.22. The fourth-order valence-electron chi connectivity index (χ4n) is 3.12. The molecule has 19 heavy (non-hydrogen) atoms. The number of aliphatic hydroxyl groups is 1. The molecule has 0 saturated heterocycles. The van der Waals surface area contributed by atoms with E-state index in [1.807, 2.05) is 18.2 Å². The van der Waals surface area contributed by atoms with Gasteiger partial charge in [-0.05, 0) is 24.0 Å². The van der Waals surface area contributed by atoms with Gasteiger partial charge in [0.05, 0.1) is 12.7 Å². The Kier molecular flexibility index (Phi) is 4.48. The van der Waals surface area contributed by atoms with Crippen molar-refractivity contribution in [2.75, 3.05) is 13.2 Å². The summed E-state index contributed by atoms with van der Waals surface area (Å²) < 4.78 is 5.85. The second-order valence-electron chi connectivity index (χ2n) is 5.66. The molecule has 3 nitrogen and oxygen atoms in total. The molecular formula is C16H25NO2. The SMILES string of the molecule is CCC(CC)C(O)C1(CN)COc2ccccc2C1. The molecule has 106 valence electrons. The van der Waals surface area contributed by atoms with Crippen molar-refractivity contribution in [3.63, 3.8) is 0 Å². The Morgan fingerprint density at radius 1 is 1.32 bits per heavy atom. The highest BCUT2D eigenvalue weighted by atomic mass is 16.5. The molecule has 2 unspecified atom stereocenters. The zero-order valence-electron chi connectivity index (χ0n) is 11.9. The first-order chi connectivity index (χ1) is 9.16. The number of hydrogen-bond donors (Lipinski definition) is 2. The van der Waals surface area contributed by atoms with Gasteiger partial charge in [-0.25, -0.2) is 0 Å². The molecule has 0 aromatic heterocycles. The van der Waals surface area contributed by atoms with Crippen molar-refractivity contribution in [1.29, 1.82) is 0 Å². The first-order valence-electron chi connectivity index (χ1n) is 7.25. The molecule has 0 bridgehead atoms. The van der Waals surface area contributed by atoms with Crippen LogP contribution >= 0.6 is 0 Å². The van der Waals surface area contributed by atoms with Gasteiger partial charge in [0.15, 0.2) is 0 Å². The van der Waals surface area contributed by atoms with Crippen LogP contribution in [-0.2, 0) is 6.42 Å². The lowest BCUT2D eigenvalue weighted by Gasteiger charge is -2.43. The topological polar surface area (TPSA) is 55.5 Å². The monoisotopic (exact) mass is 263 g/mol. The highest BCUT2D eigenvalue weighted by molar-refractivity contribution is 5.36. The van der Waals surface area contributed by atoms with Gasteiger partial charge in [-0.15, -0.1) is 0 Å². The van der Waals surface area contributed by atoms with Crippen LogP contribution in [0, 0.1) is 11.3 Å². The Labute approximate surface area is 115 Å². The summed E-state index contributed by atoms with van der Waals surface area (Å²) in [6, 6.07) is 8.04. The number of ether oxygens (including phenoxy) is 1. The fourth-order valence-corrected chi connectivity index (χ4v) is 3.12. The Morgan fingerprint density at radius 3 is 2.63 bits per heavy atom. The van der Waals surface area contributed by atoms with E-state index in [9.17, 15) is 5.11 Å². The second kappa shape index (κ2) is 5.93. The second-order valence-corrected chi connectivity index (χ2v) is 5.66. The summed E-state index contributed by atoms with van der Waals surface area (Å²) in [4.78, 5) is 0. The lowest BCUT2D eigenvalue weighted by atomic mass is 9.70. The van der Waals surface area contributed by atoms with Crippen molar-refractivity contribution in [3.8, 4) is 5.75 Å². The molecule has 0 aliphatic carbocycles. The largest absolute Gasteiger partial charge is 0.493 e. The molecule has 1 aromatic carbocycles. The molecule has 1 aromatic rings. The number of aliphatic hydroxyl groups excluding tert-OH is 1. The number of fused-ring (bicyclic) bond motifs is 1. The lowest BCUT2D eigenvalue weighted by Crippen LogP contribution is -2.52. The van der Waals surface area contributed by atoms with Gasteiger partial charge in [-0.2, -0.15) is 0 Å². The maximum absolute atomic E-state index is 10.7. The first kappa shape index (κ1) is 14.4. The number of para-hydroxylation sites is 1. The van der Waals surface area contributed by atoms with Gasteiger partial charge in [0.1, 0.15) is 5.75 Å². The van der Waals surface area contributed by atoms with E-state index in [-0.39, 0.29) is 11.3 Å². The normalized spacial score (nSPS) is 23.8. The van der Waals surface area contributed by atoms with E-state index >= 15 is 0 Å². The molecule has 2 rings (SSSR count). The van der Waals surface area contributed by atoms with Gasteiger partial charge in [0.25, 0.3) is 0 Å². The molecule has 0 fully saturated rings. The average Bonchev–Trinajstić information content (AvgIpc) is 2.47. The zero-order chi connectivity index (χ0) is 13.9. The Morgan fingerprint density at radius 2 is 2.00 bits per heavy atom. The minimum absolute atomic E-state index is 0.289. The van der Waals surface area contributed by atoms with E-state index in [0.29, 0.717) is 13.2 Å². The zero-order valence-corrected chi connectivity index (χ0v) is 11.9. The number of hydrogen-bond acceptors (Lipinski definition) is 3. The summed E-state index contributed by atoms with van der Waals surface area (Å²) in [6.45, 7) is 5.22. The van der Waals surface area contributed by atoms with Crippen LogP contribution in [0.4, 0.5) is 0 Å². The highest BCUT2D eigenvalue weighted by Gasteiger charge is 2.43. The van der Waals surface area contributed by atoms with Crippen LogP contribution in [0.25, 0.3) is 0 Å². The van der Waals surface area contributed by atoms with Gasteiger partial charge >= 0.3 is 0 Å². The lowest BCUT2D eigenvalue weighted by molar-refractivity contribution is -0.0503. The maximum Gasteiger partial charge on any atom is 0.122 e. The summed E-state index contributed by atoms with van der Waals surface area (Å²) in [7, 11) is 0. The van der Waals surface area contributed by atoms with E-state index in [4.69, 9.17) is 10.5 Å². The fraction of sp³-hybridized carbons (Fsp3) is 0.625. The van der Waals surface area contributed by atoms with E-state index < -0.39 is 6.10 Å². The van der Waals surface area contributed by atoms with E-state index in [1.165, 1.54) is 0 Å². The quantitative estimate of drug-likeness (QED) is 0.857. The molecule has 1 heterocycles. The Hall–Kier alpha value is -1.06. The summed E-state index contributed by atoms with van der Waals surface area (Å²) >= 11 is 0. The van der Waals surface area contributed by atoms with Crippen LogP contribution in [0.2, 0.25) is 0 Å². The molecule has 0 saturated carbocycles. The third kappa shape index (κ3) is 2.63. The molecule has 2 atom stereocenters. The van der Waals surface area contributed by atoms with Gasteiger partial charge in [-0.1, -0.05) is 44.9 Å². The van der Waals surface area contributed by atoms with Crippen molar-refractivity contribution in [3.05, 3.63) is 29.8 Å². The number of rotatable bonds is 5. The maximum atomic E-state index is 10.7. The van der Waals surface area contributed by atoms with E-state index in [1.54, 1.807) is 0 Å². The van der Waals surface area contributed by atoms with Crippen molar-refractivity contribution < 1.29 is 9.84 Å². The molecule has 0 amide bonds. The van der Waals surface area contributed by atoms with Crippen molar-refractivity contribution in [2.45, 2.75) is 39.2 Å². The molecule has 3 heteroatoms. The van der Waals surface area contributed by atoms with Crippen molar-refractivity contribution in [2.24, 2.45) is 17.1 Å². The minimum Gasteiger partial charge on any atom is -0.493 e. The van der Waals surface area contributed by atoms with Crippen LogP contribution in [0.5, 0.6) is 5.75 Å². The summed E-state index contributed by atoms with van der Waals surface area (Å²) in [6.07, 6.45) is 2.35. The van der Waals surface area contributed by atoms with Crippen molar-refractivity contribution in [1.82, 2.24) is 0 Å². The molecule has 0 spiro atoms. The Bertz CT molecular complexity index is 417. The molecular weight excluding hydrogens is 238 g/mol. The predicted octanol–water partition coefficient (Wildman–Crippen LogP) is 2.36. The smallest absolute Gasteiger partial charge is 0.122 e. The van der Waals surface area contributed by atoms with E-state index in [2.05, 4.69) is 19.9 Å². The van der Waals surface area contributed by atoms with Gasteiger partial charge in [-0.3, -0.25) is 0 Å². The first-order valence-corrected chi connectivity index (χ1v) is 7.25.